The summed E-state index contributed by atoms with van der Waals surface area (Å²) in [6.45, 7) is 6.24. The fraction of sp³-hybridized carbons (Fsp3) is 0.286. The van der Waals surface area contributed by atoms with Gasteiger partial charge < -0.3 is 15.0 Å². The topological polar surface area (TPSA) is 58.6 Å². The Hall–Kier alpha value is -3.60. The lowest BCUT2D eigenvalue weighted by Crippen LogP contribution is -2.51. The number of hydrogen-bond acceptors (Lipinski definition) is 3. The average Bonchev–Trinajstić information content (AvgIpc) is 2.83. The Morgan fingerprint density at radius 1 is 0.879 bits per heavy atom. The van der Waals surface area contributed by atoms with Crippen LogP contribution in [0.3, 0.4) is 0 Å². The number of nitrogens with one attached hydrogen (secondary N) is 1. The first-order valence-electron chi connectivity index (χ1n) is 11.2. The molecule has 1 N–H and O–H groups in total. The molecule has 0 heterocycles. The van der Waals surface area contributed by atoms with E-state index in [0.717, 1.165) is 27.8 Å². The van der Waals surface area contributed by atoms with E-state index in [1.807, 2.05) is 93.6 Å². The van der Waals surface area contributed by atoms with Gasteiger partial charge in [0.25, 0.3) is 5.91 Å². The van der Waals surface area contributed by atoms with Crippen molar-refractivity contribution in [2.24, 2.45) is 0 Å². The molecule has 33 heavy (non-hydrogen) atoms. The van der Waals surface area contributed by atoms with E-state index in [1.165, 1.54) is 0 Å². The zero-order valence-corrected chi connectivity index (χ0v) is 19.8. The second kappa shape index (κ2) is 11.3. The van der Waals surface area contributed by atoms with Crippen LogP contribution in [0.1, 0.15) is 27.8 Å². The van der Waals surface area contributed by atoms with Crippen LogP contribution >= 0.6 is 0 Å². The number of ether oxygens (including phenoxy) is 1. The van der Waals surface area contributed by atoms with Crippen molar-refractivity contribution in [1.82, 2.24) is 10.2 Å². The lowest BCUT2D eigenvalue weighted by molar-refractivity contribution is -0.142. The largest absolute Gasteiger partial charge is 0.484 e. The summed E-state index contributed by atoms with van der Waals surface area (Å²) in [7, 11) is 1.60. The van der Waals surface area contributed by atoms with Gasteiger partial charge >= 0.3 is 0 Å². The van der Waals surface area contributed by atoms with E-state index >= 15 is 0 Å². The maximum Gasteiger partial charge on any atom is 0.261 e. The molecular formula is C28H32N2O3. The molecule has 0 fully saturated rings. The number of benzene rings is 3. The van der Waals surface area contributed by atoms with Crippen LogP contribution in [0, 0.1) is 20.8 Å². The quantitative estimate of drug-likeness (QED) is 0.533. The highest BCUT2D eigenvalue weighted by Gasteiger charge is 2.30. The van der Waals surface area contributed by atoms with Gasteiger partial charge in [-0.2, -0.15) is 0 Å². The van der Waals surface area contributed by atoms with E-state index in [0.29, 0.717) is 18.7 Å². The number of likely N-dealkylation sites (N-methyl/N-ethyl adjacent to an activating group) is 1. The molecule has 0 saturated heterocycles. The third-order valence-electron chi connectivity index (χ3n) is 5.83. The van der Waals surface area contributed by atoms with Gasteiger partial charge in [-0.3, -0.25) is 9.59 Å². The van der Waals surface area contributed by atoms with Crippen molar-refractivity contribution in [3.63, 3.8) is 0 Å². The molecule has 0 bridgehead atoms. The lowest BCUT2D eigenvalue weighted by atomic mass is 10.0. The molecule has 5 heteroatoms. The first kappa shape index (κ1) is 24.1. The van der Waals surface area contributed by atoms with Crippen LogP contribution in [0.4, 0.5) is 0 Å². The zero-order chi connectivity index (χ0) is 23.8. The van der Waals surface area contributed by atoms with Gasteiger partial charge in [0.15, 0.2) is 6.61 Å². The molecule has 0 spiro atoms. The predicted octanol–water partition coefficient (Wildman–Crippen LogP) is 4.38. The summed E-state index contributed by atoms with van der Waals surface area (Å²) < 4.78 is 5.83. The van der Waals surface area contributed by atoms with Gasteiger partial charge in [-0.15, -0.1) is 0 Å². The highest BCUT2D eigenvalue weighted by molar-refractivity contribution is 5.88. The van der Waals surface area contributed by atoms with Crippen molar-refractivity contribution in [2.75, 3.05) is 13.7 Å². The van der Waals surface area contributed by atoms with Gasteiger partial charge in [0, 0.05) is 20.0 Å². The Kier molecular flexibility index (Phi) is 8.25. The molecule has 5 nitrogen and oxygen atoms in total. The SMILES string of the molecule is CNC(=O)[C@H](Cc1ccccc1)N(Cc1ccc(C)cc1)C(=O)COc1ccc(C)c(C)c1. The zero-order valence-electron chi connectivity index (χ0n) is 19.8. The molecule has 3 aromatic carbocycles. The summed E-state index contributed by atoms with van der Waals surface area (Å²) in [5.41, 5.74) is 5.35. The van der Waals surface area contributed by atoms with Crippen molar-refractivity contribution in [1.29, 1.82) is 0 Å². The number of nitrogens with zero attached hydrogens (tertiary/aromatic N) is 1. The maximum absolute atomic E-state index is 13.4. The summed E-state index contributed by atoms with van der Waals surface area (Å²) in [4.78, 5) is 28.0. The van der Waals surface area contributed by atoms with Crippen molar-refractivity contribution in [3.8, 4) is 5.75 Å². The van der Waals surface area contributed by atoms with Gasteiger partial charge in [0.1, 0.15) is 11.8 Å². The van der Waals surface area contributed by atoms with Crippen LogP contribution in [0.2, 0.25) is 0 Å². The predicted molar refractivity (Wildman–Crippen MR) is 131 cm³/mol. The molecule has 0 aliphatic rings. The number of aryl methyl sites for hydroxylation is 3. The van der Waals surface area contributed by atoms with E-state index in [1.54, 1.807) is 11.9 Å². The Bertz CT molecular complexity index is 1080. The number of hydrogen-bond donors (Lipinski definition) is 1. The molecule has 0 unspecified atom stereocenters. The monoisotopic (exact) mass is 444 g/mol. The van der Waals surface area contributed by atoms with E-state index in [2.05, 4.69) is 5.32 Å². The molecule has 0 aliphatic heterocycles. The average molecular weight is 445 g/mol. The lowest BCUT2D eigenvalue weighted by Gasteiger charge is -2.31. The molecule has 3 rings (SSSR count). The van der Waals surface area contributed by atoms with E-state index in [-0.39, 0.29) is 18.4 Å². The third kappa shape index (κ3) is 6.69. The smallest absolute Gasteiger partial charge is 0.261 e. The summed E-state index contributed by atoms with van der Waals surface area (Å²) in [5.74, 6) is 0.199. The first-order valence-corrected chi connectivity index (χ1v) is 11.2. The standard InChI is InChI=1S/C28H32N2O3/c1-20-10-13-24(14-11-20)18-30(26(28(32)29-4)17-23-8-6-5-7-9-23)27(31)19-33-25-15-12-21(2)22(3)16-25/h5-16,26H,17-19H2,1-4H3,(H,29,32)/t26-/m0/s1. The Labute approximate surface area is 196 Å². The molecule has 0 radical (unpaired) electrons. The highest BCUT2D eigenvalue weighted by Crippen LogP contribution is 2.18. The number of carbonyl (C=O) groups excluding carboxylic acids is 2. The van der Waals surface area contributed by atoms with Gasteiger partial charge in [-0.05, 0) is 55.2 Å². The molecule has 2 amide bonds. The normalized spacial score (nSPS) is 11.5. The van der Waals surface area contributed by atoms with Gasteiger partial charge in [0.05, 0.1) is 0 Å². The molecule has 0 saturated carbocycles. The highest BCUT2D eigenvalue weighted by atomic mass is 16.5. The Morgan fingerprint density at radius 2 is 1.58 bits per heavy atom. The van der Waals surface area contributed by atoms with Crippen LogP contribution in [0.25, 0.3) is 0 Å². The van der Waals surface area contributed by atoms with Crippen molar-refractivity contribution in [3.05, 3.63) is 101 Å². The summed E-state index contributed by atoms with van der Waals surface area (Å²) in [6.07, 6.45) is 0.418. The van der Waals surface area contributed by atoms with Gasteiger partial charge in [0.2, 0.25) is 5.91 Å². The van der Waals surface area contributed by atoms with Crippen LogP contribution < -0.4 is 10.1 Å². The second-order valence-corrected chi connectivity index (χ2v) is 8.36. The number of amides is 2. The Balaban J connectivity index is 1.86. The van der Waals surface area contributed by atoms with Crippen molar-refractivity contribution in [2.45, 2.75) is 39.8 Å². The van der Waals surface area contributed by atoms with Gasteiger partial charge in [-0.25, -0.2) is 0 Å². The Morgan fingerprint density at radius 3 is 2.21 bits per heavy atom. The minimum Gasteiger partial charge on any atom is -0.484 e. The summed E-state index contributed by atoms with van der Waals surface area (Å²) in [5, 5.41) is 2.73. The van der Waals surface area contributed by atoms with Crippen molar-refractivity contribution < 1.29 is 14.3 Å². The minimum absolute atomic E-state index is 0.142. The van der Waals surface area contributed by atoms with Gasteiger partial charge in [-0.1, -0.05) is 66.2 Å². The first-order chi connectivity index (χ1) is 15.9. The molecule has 0 aliphatic carbocycles. The molecule has 1 atom stereocenters. The molecular weight excluding hydrogens is 412 g/mol. The van der Waals surface area contributed by atoms with Crippen LogP contribution in [0.5, 0.6) is 5.75 Å². The van der Waals surface area contributed by atoms with Crippen LogP contribution in [-0.2, 0) is 22.6 Å². The summed E-state index contributed by atoms with van der Waals surface area (Å²) in [6, 6.07) is 22.8. The van der Waals surface area contributed by atoms with Crippen LogP contribution in [-0.4, -0.2) is 36.4 Å². The molecule has 3 aromatic rings. The second-order valence-electron chi connectivity index (χ2n) is 8.36. The number of rotatable bonds is 9. The van der Waals surface area contributed by atoms with E-state index in [9.17, 15) is 9.59 Å². The van der Waals surface area contributed by atoms with Crippen LogP contribution in [0.15, 0.2) is 72.8 Å². The maximum atomic E-state index is 13.4. The van der Waals surface area contributed by atoms with E-state index < -0.39 is 6.04 Å². The van der Waals surface area contributed by atoms with E-state index in [4.69, 9.17) is 4.74 Å². The van der Waals surface area contributed by atoms with Crippen molar-refractivity contribution >= 4 is 11.8 Å². The minimum atomic E-state index is -0.658. The summed E-state index contributed by atoms with van der Waals surface area (Å²) >= 11 is 0. The molecule has 172 valence electrons. The third-order valence-corrected chi connectivity index (χ3v) is 5.83. The molecule has 0 aromatic heterocycles. The fourth-order valence-electron chi connectivity index (χ4n) is 3.64. The number of carbonyl (C=O) groups is 2. The fourth-order valence-corrected chi connectivity index (χ4v) is 3.64.